The predicted molar refractivity (Wildman–Crippen MR) is 375 cm³/mol. The second-order valence-electron chi connectivity index (χ2n) is 26.7. The van der Waals surface area contributed by atoms with Crippen LogP contribution < -0.4 is 5.32 Å². The quantitative estimate of drug-likeness (QED) is 0.0320. The third kappa shape index (κ3) is 71.0. The van der Waals surface area contributed by atoms with E-state index in [2.05, 4.69) is 55.6 Å². The first-order valence-electron chi connectivity index (χ1n) is 38.7. The van der Waals surface area contributed by atoms with Crippen LogP contribution in [0.4, 0.5) is 0 Å². The highest BCUT2D eigenvalue weighted by atomic mass is 16.5. The van der Waals surface area contributed by atoms with Gasteiger partial charge in [0.2, 0.25) is 5.91 Å². The van der Waals surface area contributed by atoms with Gasteiger partial charge in [0.25, 0.3) is 0 Å². The molecule has 0 saturated heterocycles. The smallest absolute Gasteiger partial charge is 0.305 e. The average Bonchev–Trinajstić information content (AvgIpc) is 3.51. The Hall–Kier alpha value is -1.92. The Bertz CT molecular complexity index is 1380. The number of carbonyl (C=O) groups is 2. The van der Waals surface area contributed by atoms with E-state index in [4.69, 9.17) is 4.74 Å². The molecule has 3 N–H and O–H groups in total. The number of rotatable bonds is 73. The summed E-state index contributed by atoms with van der Waals surface area (Å²) in [6.45, 7) is 4.97. The van der Waals surface area contributed by atoms with Crippen molar-refractivity contribution < 1.29 is 24.5 Å². The Morgan fingerprint density at radius 3 is 0.929 bits per heavy atom. The molecule has 0 bridgehead atoms. The molecule has 6 heteroatoms. The molecule has 2 atom stereocenters. The minimum Gasteiger partial charge on any atom is -0.466 e. The normalized spacial score (nSPS) is 12.7. The Labute approximate surface area is 532 Å². The van der Waals surface area contributed by atoms with Crippen molar-refractivity contribution in [3.63, 3.8) is 0 Å². The van der Waals surface area contributed by atoms with Crippen LogP contribution in [0, 0.1) is 0 Å². The van der Waals surface area contributed by atoms with Crippen LogP contribution in [0.3, 0.4) is 0 Å². The number of aliphatic hydroxyl groups excluding tert-OH is 2. The van der Waals surface area contributed by atoms with E-state index in [1.54, 1.807) is 0 Å². The van der Waals surface area contributed by atoms with Gasteiger partial charge in [-0.3, -0.25) is 9.59 Å². The molecule has 2 unspecified atom stereocenters. The van der Waals surface area contributed by atoms with Crippen LogP contribution in [0.25, 0.3) is 0 Å². The van der Waals surface area contributed by atoms with Crippen molar-refractivity contribution in [2.45, 2.75) is 443 Å². The van der Waals surface area contributed by atoms with Crippen LogP contribution in [0.5, 0.6) is 0 Å². The summed E-state index contributed by atoms with van der Waals surface area (Å²) in [4.78, 5) is 24.7. The van der Waals surface area contributed by atoms with Crippen molar-refractivity contribution >= 4 is 11.9 Å². The van der Waals surface area contributed by atoms with E-state index < -0.39 is 12.1 Å². The second kappa shape index (κ2) is 74.5. The van der Waals surface area contributed by atoms with Gasteiger partial charge in [-0.25, -0.2) is 0 Å². The van der Waals surface area contributed by atoms with Gasteiger partial charge < -0.3 is 20.3 Å². The first-order valence-corrected chi connectivity index (χ1v) is 38.7. The molecule has 0 spiro atoms. The number of aliphatic hydroxyl groups is 2. The predicted octanol–water partition coefficient (Wildman–Crippen LogP) is 25.4. The SMILES string of the molecule is CCCCC/C=C\C/C=C\CCCCCCCCCC(=O)OCCCCCCCCCCCCCC/C=C\CCCCCCCCCCCCCCC(=O)NC(CO)C(O)CCCCCCCCCCCCCCCCCCCCCCCCC. The molecule has 0 aliphatic carbocycles. The van der Waals surface area contributed by atoms with Crippen molar-refractivity contribution in [3.05, 3.63) is 36.5 Å². The third-order valence-corrected chi connectivity index (χ3v) is 18.2. The lowest BCUT2D eigenvalue weighted by Gasteiger charge is -2.22. The van der Waals surface area contributed by atoms with E-state index in [-0.39, 0.29) is 18.5 Å². The Balaban J connectivity index is 3.38. The number of ether oxygens (including phenoxy) is 1. The molecule has 0 fully saturated rings. The van der Waals surface area contributed by atoms with Gasteiger partial charge in [-0.1, -0.05) is 371 Å². The molecule has 0 aliphatic rings. The Morgan fingerprint density at radius 2 is 0.588 bits per heavy atom. The molecule has 1 amide bonds. The summed E-state index contributed by atoms with van der Waals surface area (Å²) in [5, 5.41) is 23.5. The molecule has 0 aliphatic heterocycles. The lowest BCUT2D eigenvalue weighted by Crippen LogP contribution is -2.45. The molecule has 0 saturated carbocycles. The van der Waals surface area contributed by atoms with Gasteiger partial charge in [0.1, 0.15) is 0 Å². The van der Waals surface area contributed by atoms with Crippen LogP contribution >= 0.6 is 0 Å². The number of nitrogens with one attached hydrogen (secondary N) is 1. The zero-order valence-electron chi connectivity index (χ0n) is 57.6. The molecule has 85 heavy (non-hydrogen) atoms. The van der Waals surface area contributed by atoms with Crippen molar-refractivity contribution in [1.82, 2.24) is 5.32 Å². The molecule has 0 aromatic heterocycles. The van der Waals surface area contributed by atoms with Crippen molar-refractivity contribution in [2.24, 2.45) is 0 Å². The largest absolute Gasteiger partial charge is 0.466 e. The van der Waals surface area contributed by atoms with Crippen molar-refractivity contribution in [2.75, 3.05) is 13.2 Å². The number of esters is 1. The van der Waals surface area contributed by atoms with Gasteiger partial charge in [-0.05, 0) is 83.5 Å². The number of carbonyl (C=O) groups excluding carboxylic acids is 2. The van der Waals surface area contributed by atoms with Crippen LogP contribution in [-0.4, -0.2) is 47.4 Å². The van der Waals surface area contributed by atoms with E-state index in [1.807, 2.05) is 0 Å². The van der Waals surface area contributed by atoms with Gasteiger partial charge in [0.15, 0.2) is 0 Å². The number of unbranched alkanes of at least 4 members (excludes halogenated alkanes) is 56. The van der Waals surface area contributed by atoms with Gasteiger partial charge in [-0.2, -0.15) is 0 Å². The van der Waals surface area contributed by atoms with Crippen LogP contribution in [0.15, 0.2) is 36.5 Å². The second-order valence-corrected chi connectivity index (χ2v) is 26.7. The first kappa shape index (κ1) is 83.1. The summed E-state index contributed by atoms with van der Waals surface area (Å²) in [7, 11) is 0. The minimum absolute atomic E-state index is 0.00887. The van der Waals surface area contributed by atoms with Crippen LogP contribution in [0.1, 0.15) is 431 Å². The molecular weight excluding hydrogens is 1040 g/mol. The summed E-state index contributed by atoms with van der Waals surface area (Å²) in [6.07, 6.45) is 96.5. The van der Waals surface area contributed by atoms with Crippen molar-refractivity contribution in [3.8, 4) is 0 Å². The lowest BCUT2D eigenvalue weighted by atomic mass is 10.0. The molecule has 0 rings (SSSR count). The summed E-state index contributed by atoms with van der Waals surface area (Å²) in [6, 6.07) is -0.543. The van der Waals surface area contributed by atoms with E-state index >= 15 is 0 Å². The number of hydrogen-bond donors (Lipinski definition) is 3. The standard InChI is InChI=1S/C79H151NO5/c1-3-5-7-9-11-13-15-17-19-21-22-23-30-33-36-40-43-47-51-55-59-63-67-71-77(82)76(75-81)80-78(83)72-68-64-60-56-52-48-44-41-37-34-31-28-26-24-25-27-29-32-35-38-42-46-50-54-58-62-66-70-74-85-79(84)73-69-65-61-57-53-49-45-39-20-18-16-14-12-10-8-6-4-2/h12,14,18,20,24-25,76-77,81-82H,3-11,13,15-17,19,21-23,26-75H2,1-2H3,(H,80,83)/b14-12-,20-18-,25-24-. The maximum absolute atomic E-state index is 12.6. The molecule has 0 aromatic rings. The highest BCUT2D eigenvalue weighted by Crippen LogP contribution is 2.19. The maximum Gasteiger partial charge on any atom is 0.305 e. The van der Waals surface area contributed by atoms with Crippen LogP contribution in [-0.2, 0) is 14.3 Å². The molecule has 0 aromatic carbocycles. The zero-order chi connectivity index (χ0) is 61.3. The fraction of sp³-hybridized carbons (Fsp3) is 0.899. The Kier molecular flexibility index (Phi) is 72.9. The molecule has 502 valence electrons. The topological polar surface area (TPSA) is 95.9 Å². The van der Waals surface area contributed by atoms with Crippen molar-refractivity contribution in [1.29, 1.82) is 0 Å². The van der Waals surface area contributed by atoms with Gasteiger partial charge in [0.05, 0.1) is 25.4 Å². The van der Waals surface area contributed by atoms with Gasteiger partial charge >= 0.3 is 5.97 Å². The third-order valence-electron chi connectivity index (χ3n) is 18.2. The molecule has 0 heterocycles. The van der Waals surface area contributed by atoms with Crippen LogP contribution in [0.2, 0.25) is 0 Å². The summed E-state index contributed by atoms with van der Waals surface area (Å²) in [5.74, 6) is -0.0211. The lowest BCUT2D eigenvalue weighted by molar-refractivity contribution is -0.143. The zero-order valence-corrected chi connectivity index (χ0v) is 57.6. The summed E-state index contributed by atoms with van der Waals surface area (Å²) >= 11 is 0. The fourth-order valence-corrected chi connectivity index (χ4v) is 12.3. The van der Waals surface area contributed by atoms with Gasteiger partial charge in [0, 0.05) is 12.8 Å². The summed E-state index contributed by atoms with van der Waals surface area (Å²) in [5.41, 5.74) is 0. The van der Waals surface area contributed by atoms with Gasteiger partial charge in [-0.15, -0.1) is 0 Å². The highest BCUT2D eigenvalue weighted by molar-refractivity contribution is 5.76. The molecular formula is C79H151NO5. The summed E-state index contributed by atoms with van der Waals surface area (Å²) < 4.78 is 5.50. The number of allylic oxidation sites excluding steroid dienone is 6. The first-order chi connectivity index (χ1) is 42.0. The maximum atomic E-state index is 12.6. The monoisotopic (exact) mass is 1190 g/mol. The van der Waals surface area contributed by atoms with E-state index in [1.165, 1.54) is 347 Å². The Morgan fingerprint density at radius 1 is 0.329 bits per heavy atom. The fourth-order valence-electron chi connectivity index (χ4n) is 12.3. The number of hydrogen-bond acceptors (Lipinski definition) is 5. The average molecular weight is 1200 g/mol. The highest BCUT2D eigenvalue weighted by Gasteiger charge is 2.20. The number of amides is 1. The minimum atomic E-state index is -0.666. The van der Waals surface area contributed by atoms with E-state index in [9.17, 15) is 19.8 Å². The molecule has 6 nitrogen and oxygen atoms in total. The van der Waals surface area contributed by atoms with E-state index in [0.29, 0.717) is 25.9 Å². The van der Waals surface area contributed by atoms with E-state index in [0.717, 1.165) is 51.4 Å². The molecule has 0 radical (unpaired) electrons.